The van der Waals surface area contributed by atoms with Gasteiger partial charge in [0.2, 0.25) is 0 Å². The van der Waals surface area contributed by atoms with Gasteiger partial charge in [-0.05, 0) is 97.0 Å². The Hall–Kier alpha value is -3.67. The smallest absolute Gasteiger partial charge is 0.0895 e. The molecule has 0 bridgehead atoms. The summed E-state index contributed by atoms with van der Waals surface area (Å²) in [6.07, 6.45) is 3.61. The number of aromatic nitrogens is 4. The standard InChI is InChI=1S/C14H19N3.C13H15N3/c1-11-8-9-12(2)17(11)16-14(3,4)13-7-5-6-10-15-13;1-10-7-8-11(2)16(10)15-12(3)13-6-4-5-9-14-13/h5-10,16H,1-4H3;4-9H,1-3H3/b;15-12+. The van der Waals surface area contributed by atoms with Gasteiger partial charge in [0.15, 0.2) is 0 Å². The summed E-state index contributed by atoms with van der Waals surface area (Å²) >= 11 is 0. The first-order chi connectivity index (χ1) is 15.7. The number of nitrogens with one attached hydrogen (secondary N) is 1. The minimum Gasteiger partial charge on any atom is -0.314 e. The number of nitrogens with zero attached hydrogens (tertiary/aromatic N) is 5. The predicted molar refractivity (Wildman–Crippen MR) is 136 cm³/mol. The molecule has 0 aromatic carbocycles. The first kappa shape index (κ1) is 24.0. The molecule has 1 N–H and O–H groups in total. The highest BCUT2D eigenvalue weighted by atomic mass is 15.4. The number of pyridine rings is 2. The van der Waals surface area contributed by atoms with Gasteiger partial charge in [0.25, 0.3) is 0 Å². The second-order valence-corrected chi connectivity index (χ2v) is 8.73. The lowest BCUT2D eigenvalue weighted by Gasteiger charge is -2.29. The topological polar surface area (TPSA) is 60.0 Å². The van der Waals surface area contributed by atoms with Crippen LogP contribution in [-0.2, 0) is 5.54 Å². The van der Waals surface area contributed by atoms with Gasteiger partial charge in [-0.3, -0.25) is 14.6 Å². The molecule has 0 amide bonds. The maximum absolute atomic E-state index is 4.56. The van der Waals surface area contributed by atoms with Crippen LogP contribution in [0.3, 0.4) is 0 Å². The van der Waals surface area contributed by atoms with Crippen LogP contribution in [0.5, 0.6) is 0 Å². The van der Waals surface area contributed by atoms with E-state index in [1.807, 2.05) is 68.0 Å². The van der Waals surface area contributed by atoms with Crippen LogP contribution < -0.4 is 5.43 Å². The van der Waals surface area contributed by atoms with E-state index in [-0.39, 0.29) is 5.54 Å². The van der Waals surface area contributed by atoms with E-state index in [1.54, 1.807) is 6.20 Å². The fourth-order valence-electron chi connectivity index (χ4n) is 3.51. The van der Waals surface area contributed by atoms with Gasteiger partial charge in [0.05, 0.1) is 22.6 Å². The van der Waals surface area contributed by atoms with E-state index >= 15 is 0 Å². The molecule has 0 radical (unpaired) electrons. The van der Waals surface area contributed by atoms with E-state index in [1.165, 1.54) is 11.4 Å². The van der Waals surface area contributed by atoms with E-state index < -0.39 is 0 Å². The van der Waals surface area contributed by atoms with Crippen molar-refractivity contribution in [2.75, 3.05) is 5.43 Å². The number of hydrogen-bond acceptors (Lipinski definition) is 4. The summed E-state index contributed by atoms with van der Waals surface area (Å²) in [5.74, 6) is 0. The zero-order valence-corrected chi connectivity index (χ0v) is 20.7. The van der Waals surface area contributed by atoms with Crippen LogP contribution in [0.15, 0.2) is 78.2 Å². The molecular formula is C27H34N6. The lowest BCUT2D eigenvalue weighted by molar-refractivity contribution is 0.509. The largest absolute Gasteiger partial charge is 0.314 e. The molecule has 4 aromatic rings. The van der Waals surface area contributed by atoms with Crippen LogP contribution >= 0.6 is 0 Å². The highest BCUT2D eigenvalue weighted by molar-refractivity contribution is 5.96. The second-order valence-electron chi connectivity index (χ2n) is 8.73. The summed E-state index contributed by atoms with van der Waals surface area (Å²) < 4.78 is 4.04. The minimum atomic E-state index is -0.199. The molecule has 0 atom stereocenters. The molecule has 0 aliphatic heterocycles. The zero-order valence-electron chi connectivity index (χ0n) is 20.7. The van der Waals surface area contributed by atoms with Crippen LogP contribution in [0.4, 0.5) is 0 Å². The van der Waals surface area contributed by atoms with Gasteiger partial charge in [-0.2, -0.15) is 5.10 Å². The number of aryl methyl sites for hydroxylation is 4. The van der Waals surface area contributed by atoms with Crippen molar-refractivity contribution >= 4 is 5.71 Å². The molecule has 33 heavy (non-hydrogen) atoms. The van der Waals surface area contributed by atoms with Crippen molar-refractivity contribution in [3.63, 3.8) is 0 Å². The minimum absolute atomic E-state index is 0.199. The fraction of sp³-hybridized carbons (Fsp3) is 0.296. The van der Waals surface area contributed by atoms with Gasteiger partial charge in [0, 0.05) is 35.2 Å². The number of rotatable bonds is 5. The van der Waals surface area contributed by atoms with Gasteiger partial charge in [-0.1, -0.05) is 12.1 Å². The Labute approximate surface area is 197 Å². The SMILES string of the molecule is C/C(=N\n1c(C)ccc1C)c1ccccn1.Cc1ccc(C)n1NC(C)(C)c1ccccn1. The van der Waals surface area contributed by atoms with Gasteiger partial charge >= 0.3 is 0 Å². The highest BCUT2D eigenvalue weighted by Crippen LogP contribution is 2.20. The Morgan fingerprint density at radius 3 is 1.82 bits per heavy atom. The van der Waals surface area contributed by atoms with Crippen LogP contribution in [-0.4, -0.2) is 25.0 Å². The molecule has 6 heteroatoms. The summed E-state index contributed by atoms with van der Waals surface area (Å²) in [6.45, 7) is 14.5. The van der Waals surface area contributed by atoms with E-state index in [2.05, 4.69) is 77.1 Å². The van der Waals surface area contributed by atoms with Gasteiger partial charge in [-0.25, -0.2) is 4.68 Å². The van der Waals surface area contributed by atoms with Crippen molar-refractivity contribution in [1.29, 1.82) is 0 Å². The summed E-state index contributed by atoms with van der Waals surface area (Å²) in [5.41, 5.74) is 10.8. The molecule has 4 aromatic heterocycles. The van der Waals surface area contributed by atoms with E-state index in [9.17, 15) is 0 Å². The molecule has 172 valence electrons. The molecule has 0 fully saturated rings. The molecule has 0 spiro atoms. The predicted octanol–water partition coefficient (Wildman–Crippen LogP) is 5.75. The number of hydrogen-bond donors (Lipinski definition) is 1. The summed E-state index contributed by atoms with van der Waals surface area (Å²) in [4.78, 5) is 8.69. The summed E-state index contributed by atoms with van der Waals surface area (Å²) in [7, 11) is 0. The quantitative estimate of drug-likeness (QED) is 0.400. The highest BCUT2D eigenvalue weighted by Gasteiger charge is 2.22. The molecule has 6 nitrogen and oxygen atoms in total. The fourth-order valence-corrected chi connectivity index (χ4v) is 3.51. The first-order valence-electron chi connectivity index (χ1n) is 11.2. The van der Waals surface area contributed by atoms with Gasteiger partial charge < -0.3 is 5.43 Å². The maximum atomic E-state index is 4.56. The molecule has 0 aliphatic rings. The van der Waals surface area contributed by atoms with Gasteiger partial charge in [-0.15, -0.1) is 0 Å². The van der Waals surface area contributed by atoms with Crippen molar-refractivity contribution in [3.05, 3.63) is 107 Å². The van der Waals surface area contributed by atoms with Crippen LogP contribution in [0.2, 0.25) is 0 Å². The average molecular weight is 443 g/mol. The third kappa shape index (κ3) is 5.98. The molecule has 0 unspecified atom stereocenters. The van der Waals surface area contributed by atoms with Crippen molar-refractivity contribution in [2.45, 2.75) is 54.0 Å². The maximum Gasteiger partial charge on any atom is 0.0895 e. The molecule has 0 saturated heterocycles. The van der Waals surface area contributed by atoms with Crippen molar-refractivity contribution < 1.29 is 0 Å². The summed E-state index contributed by atoms with van der Waals surface area (Å²) in [6, 6.07) is 20.2. The molecule has 4 heterocycles. The van der Waals surface area contributed by atoms with E-state index in [4.69, 9.17) is 0 Å². The van der Waals surface area contributed by atoms with E-state index in [0.717, 1.165) is 28.5 Å². The first-order valence-corrected chi connectivity index (χ1v) is 11.2. The Balaban J connectivity index is 0.000000186. The summed E-state index contributed by atoms with van der Waals surface area (Å²) in [5, 5.41) is 4.56. The van der Waals surface area contributed by atoms with Crippen LogP contribution in [0, 0.1) is 27.7 Å². The Bertz CT molecular complexity index is 1160. The van der Waals surface area contributed by atoms with Crippen LogP contribution in [0.1, 0.15) is 54.9 Å². The van der Waals surface area contributed by atoms with Crippen molar-refractivity contribution in [2.24, 2.45) is 5.10 Å². The Kier molecular flexibility index (Phi) is 7.48. The molecule has 0 aliphatic carbocycles. The third-order valence-corrected chi connectivity index (χ3v) is 5.49. The van der Waals surface area contributed by atoms with Gasteiger partial charge in [0.1, 0.15) is 0 Å². The monoisotopic (exact) mass is 442 g/mol. The molecule has 0 saturated carbocycles. The van der Waals surface area contributed by atoms with Crippen molar-refractivity contribution in [3.8, 4) is 0 Å². The lowest BCUT2D eigenvalue weighted by atomic mass is 10.0. The molecular weight excluding hydrogens is 408 g/mol. The zero-order chi connectivity index (χ0) is 24.0. The van der Waals surface area contributed by atoms with Crippen LogP contribution in [0.25, 0.3) is 0 Å². The Morgan fingerprint density at radius 1 is 0.758 bits per heavy atom. The normalized spacial score (nSPS) is 11.7. The molecule has 4 rings (SSSR count). The Morgan fingerprint density at radius 2 is 1.30 bits per heavy atom. The third-order valence-electron chi connectivity index (χ3n) is 5.49. The lowest BCUT2D eigenvalue weighted by Crippen LogP contribution is -2.36. The second kappa shape index (κ2) is 10.3. The average Bonchev–Trinajstić information content (AvgIpc) is 3.30. The van der Waals surface area contributed by atoms with Crippen molar-refractivity contribution in [1.82, 2.24) is 19.3 Å². The van der Waals surface area contributed by atoms with E-state index in [0.29, 0.717) is 0 Å².